The summed E-state index contributed by atoms with van der Waals surface area (Å²) >= 11 is 5.15. The first-order valence-corrected chi connectivity index (χ1v) is 7.61. The third kappa shape index (κ3) is 3.11. The van der Waals surface area contributed by atoms with Gasteiger partial charge in [0.2, 0.25) is 0 Å². The van der Waals surface area contributed by atoms with Gasteiger partial charge in [-0.3, -0.25) is 4.79 Å². The minimum Gasteiger partial charge on any atom is -0.294 e. The number of carbonyl (C=O) groups excluding carboxylic acids is 1. The van der Waals surface area contributed by atoms with Crippen LogP contribution >= 0.6 is 27.7 Å². The van der Waals surface area contributed by atoms with Gasteiger partial charge in [0.25, 0.3) is 0 Å². The minimum absolute atomic E-state index is 0.226. The van der Waals surface area contributed by atoms with Gasteiger partial charge in [0.15, 0.2) is 5.78 Å². The van der Waals surface area contributed by atoms with Crippen LogP contribution < -0.4 is 0 Å². The normalized spacial score (nSPS) is 10.7. The molecule has 0 fully saturated rings. The van der Waals surface area contributed by atoms with Gasteiger partial charge in [-0.05, 0) is 35.2 Å². The van der Waals surface area contributed by atoms with Crippen LogP contribution in [0.5, 0.6) is 0 Å². The molecule has 2 aromatic carbocycles. The first-order chi connectivity index (χ1) is 8.20. The molecule has 0 aliphatic carbocycles. The monoisotopic (exact) mass is 308 g/mol. The smallest absolute Gasteiger partial charge is 0.163 e. The number of fused-ring (bicyclic) bond motifs is 1. The van der Waals surface area contributed by atoms with E-state index >= 15 is 0 Å². The van der Waals surface area contributed by atoms with E-state index in [1.165, 1.54) is 0 Å². The van der Waals surface area contributed by atoms with Crippen molar-refractivity contribution in [2.75, 3.05) is 12.0 Å². The van der Waals surface area contributed by atoms with Crippen molar-refractivity contribution >= 4 is 44.2 Å². The molecule has 0 bridgehead atoms. The molecule has 0 aliphatic rings. The van der Waals surface area contributed by atoms with Crippen LogP contribution in [0.25, 0.3) is 10.8 Å². The molecule has 0 spiro atoms. The molecular weight excluding hydrogens is 296 g/mol. The van der Waals surface area contributed by atoms with Crippen molar-refractivity contribution in [1.82, 2.24) is 0 Å². The maximum atomic E-state index is 11.9. The highest BCUT2D eigenvalue weighted by atomic mass is 79.9. The fraction of sp³-hybridized carbons (Fsp3) is 0.214. The Kier molecular flexibility index (Phi) is 4.24. The van der Waals surface area contributed by atoms with Crippen LogP contribution in [-0.2, 0) is 0 Å². The number of benzene rings is 2. The Morgan fingerprint density at radius 3 is 2.65 bits per heavy atom. The van der Waals surface area contributed by atoms with Crippen molar-refractivity contribution in [3.05, 3.63) is 46.4 Å². The van der Waals surface area contributed by atoms with E-state index in [2.05, 4.69) is 22.0 Å². The summed E-state index contributed by atoms with van der Waals surface area (Å²) in [5.41, 5.74) is 0.814. The maximum absolute atomic E-state index is 11.9. The summed E-state index contributed by atoms with van der Waals surface area (Å²) < 4.78 is 1.06. The number of halogens is 1. The van der Waals surface area contributed by atoms with Gasteiger partial charge in [0, 0.05) is 22.2 Å². The van der Waals surface area contributed by atoms with Gasteiger partial charge in [-0.25, -0.2) is 0 Å². The Bertz CT molecular complexity index is 551. The maximum Gasteiger partial charge on any atom is 0.163 e. The van der Waals surface area contributed by atoms with E-state index in [0.717, 1.165) is 26.6 Å². The van der Waals surface area contributed by atoms with E-state index in [1.807, 2.05) is 36.6 Å². The minimum atomic E-state index is 0.226. The van der Waals surface area contributed by atoms with Gasteiger partial charge in [-0.15, -0.1) is 0 Å². The molecule has 0 unspecified atom stereocenters. The molecule has 2 rings (SSSR count). The summed E-state index contributed by atoms with van der Waals surface area (Å²) in [6.45, 7) is 0. The second kappa shape index (κ2) is 5.69. The largest absolute Gasteiger partial charge is 0.294 e. The molecule has 0 N–H and O–H groups in total. The van der Waals surface area contributed by atoms with Gasteiger partial charge in [-0.2, -0.15) is 11.8 Å². The Hall–Kier alpha value is -0.800. The lowest BCUT2D eigenvalue weighted by molar-refractivity contribution is 0.0989. The molecule has 0 aliphatic heterocycles. The predicted octanol–water partition coefficient (Wildman–Crippen LogP) is 4.54. The van der Waals surface area contributed by atoms with Gasteiger partial charge in [0.1, 0.15) is 0 Å². The molecule has 17 heavy (non-hydrogen) atoms. The average molecular weight is 309 g/mol. The number of Topliss-reactive ketones (excluding diaryl/α,β-unsaturated/α-hetero) is 1. The number of hydrogen-bond donors (Lipinski definition) is 0. The van der Waals surface area contributed by atoms with E-state index in [9.17, 15) is 4.79 Å². The topological polar surface area (TPSA) is 17.1 Å². The fourth-order valence-corrected chi connectivity index (χ4v) is 2.50. The number of carbonyl (C=O) groups is 1. The van der Waals surface area contributed by atoms with Crippen LogP contribution in [0.3, 0.4) is 0 Å². The Morgan fingerprint density at radius 1 is 1.18 bits per heavy atom. The molecule has 0 heterocycles. The van der Waals surface area contributed by atoms with E-state index in [1.54, 1.807) is 11.8 Å². The highest BCUT2D eigenvalue weighted by Gasteiger charge is 2.06. The fourth-order valence-electron chi connectivity index (χ4n) is 1.73. The number of ketones is 1. The van der Waals surface area contributed by atoms with Crippen molar-refractivity contribution in [3.63, 3.8) is 0 Å². The van der Waals surface area contributed by atoms with Gasteiger partial charge < -0.3 is 0 Å². The van der Waals surface area contributed by atoms with Crippen LogP contribution in [0.1, 0.15) is 16.8 Å². The Morgan fingerprint density at radius 2 is 1.88 bits per heavy atom. The summed E-state index contributed by atoms with van der Waals surface area (Å²) in [5.74, 6) is 1.11. The lowest BCUT2D eigenvalue weighted by Crippen LogP contribution is -2.00. The standard InChI is InChI=1S/C14H13BrOS/c1-17-7-6-14(16)12-3-2-11-9-13(15)5-4-10(11)8-12/h2-5,8-9H,6-7H2,1H3. The summed E-state index contributed by atoms with van der Waals surface area (Å²) in [6, 6.07) is 12.0. The van der Waals surface area contributed by atoms with Crippen molar-refractivity contribution in [2.45, 2.75) is 6.42 Å². The Balaban J connectivity index is 2.31. The zero-order valence-corrected chi connectivity index (χ0v) is 12.0. The molecular formula is C14H13BrOS. The molecule has 0 amide bonds. The van der Waals surface area contributed by atoms with E-state index < -0.39 is 0 Å². The highest BCUT2D eigenvalue weighted by molar-refractivity contribution is 9.10. The van der Waals surface area contributed by atoms with Crippen LogP contribution in [-0.4, -0.2) is 17.8 Å². The summed E-state index contributed by atoms with van der Waals surface area (Å²) in [6.07, 6.45) is 2.63. The van der Waals surface area contributed by atoms with Crippen molar-refractivity contribution in [3.8, 4) is 0 Å². The lowest BCUT2D eigenvalue weighted by Gasteiger charge is -2.03. The number of thioether (sulfide) groups is 1. The molecule has 0 saturated carbocycles. The van der Waals surface area contributed by atoms with Gasteiger partial charge in [0.05, 0.1) is 0 Å². The number of hydrogen-bond acceptors (Lipinski definition) is 2. The van der Waals surface area contributed by atoms with Crippen LogP contribution in [0.15, 0.2) is 40.9 Å². The quantitative estimate of drug-likeness (QED) is 0.771. The van der Waals surface area contributed by atoms with Crippen molar-refractivity contribution < 1.29 is 4.79 Å². The second-order valence-corrected chi connectivity index (χ2v) is 5.77. The van der Waals surface area contributed by atoms with Gasteiger partial charge >= 0.3 is 0 Å². The number of rotatable bonds is 4. The van der Waals surface area contributed by atoms with Gasteiger partial charge in [-0.1, -0.05) is 34.1 Å². The van der Waals surface area contributed by atoms with E-state index in [4.69, 9.17) is 0 Å². The first-order valence-electron chi connectivity index (χ1n) is 5.42. The molecule has 1 nitrogen and oxygen atoms in total. The Labute approximate surface area is 114 Å². The van der Waals surface area contributed by atoms with Crippen molar-refractivity contribution in [2.24, 2.45) is 0 Å². The molecule has 88 valence electrons. The summed E-state index contributed by atoms with van der Waals surface area (Å²) in [5, 5.41) is 2.27. The first kappa shape index (κ1) is 12.7. The van der Waals surface area contributed by atoms with Crippen molar-refractivity contribution in [1.29, 1.82) is 0 Å². The molecule has 2 aromatic rings. The lowest BCUT2D eigenvalue weighted by atomic mass is 10.0. The molecule has 0 radical (unpaired) electrons. The SMILES string of the molecule is CSCCC(=O)c1ccc2cc(Br)ccc2c1. The summed E-state index contributed by atoms with van der Waals surface area (Å²) in [7, 11) is 0. The predicted molar refractivity (Wildman–Crippen MR) is 79.0 cm³/mol. The van der Waals surface area contributed by atoms with Crippen LogP contribution in [0.4, 0.5) is 0 Å². The van der Waals surface area contributed by atoms with Crippen LogP contribution in [0.2, 0.25) is 0 Å². The van der Waals surface area contributed by atoms with Crippen LogP contribution in [0, 0.1) is 0 Å². The van der Waals surface area contributed by atoms with E-state index in [-0.39, 0.29) is 5.78 Å². The highest BCUT2D eigenvalue weighted by Crippen LogP contribution is 2.21. The molecule has 0 saturated heterocycles. The van der Waals surface area contributed by atoms with E-state index in [0.29, 0.717) is 6.42 Å². The molecule has 0 atom stereocenters. The molecule has 0 aromatic heterocycles. The molecule has 3 heteroatoms. The third-order valence-electron chi connectivity index (χ3n) is 2.66. The average Bonchev–Trinajstić information content (AvgIpc) is 2.35. The zero-order valence-electron chi connectivity index (χ0n) is 9.57. The third-order valence-corrected chi connectivity index (χ3v) is 3.76. The zero-order chi connectivity index (χ0) is 12.3. The second-order valence-electron chi connectivity index (χ2n) is 3.87. The summed E-state index contributed by atoms with van der Waals surface area (Å²) in [4.78, 5) is 11.9.